The highest BCUT2D eigenvalue weighted by Crippen LogP contribution is 2.19. The fraction of sp³-hybridized carbons (Fsp3) is 0.647. The lowest BCUT2D eigenvalue weighted by atomic mass is 9.99. The van der Waals surface area contributed by atoms with E-state index >= 15 is 0 Å². The predicted molar refractivity (Wildman–Crippen MR) is 92.6 cm³/mol. The average molecular weight is 295 g/mol. The van der Waals surface area contributed by atoms with Gasteiger partial charge in [-0.2, -0.15) is 11.8 Å². The standard InChI is InChI=1S/C17H30N2S/c1-6-16(12-20-5)19(4)8-7-17(18)15-10-13(2)9-14(3)11-15/h9-11,16-17H,6-8,12,18H2,1-5H3. The van der Waals surface area contributed by atoms with Crippen LogP contribution in [0.1, 0.15) is 42.5 Å². The minimum absolute atomic E-state index is 0.142. The summed E-state index contributed by atoms with van der Waals surface area (Å²) >= 11 is 1.92. The molecule has 0 aromatic heterocycles. The maximum absolute atomic E-state index is 6.36. The molecule has 0 saturated carbocycles. The third-order valence-electron chi connectivity index (χ3n) is 3.92. The van der Waals surface area contributed by atoms with Gasteiger partial charge in [0, 0.05) is 17.8 Å². The van der Waals surface area contributed by atoms with Crippen LogP contribution in [0.3, 0.4) is 0 Å². The van der Waals surface area contributed by atoms with E-state index in [-0.39, 0.29) is 6.04 Å². The Morgan fingerprint density at radius 3 is 2.30 bits per heavy atom. The van der Waals surface area contributed by atoms with Crippen molar-refractivity contribution in [3.05, 3.63) is 34.9 Å². The van der Waals surface area contributed by atoms with Gasteiger partial charge in [0.1, 0.15) is 0 Å². The smallest absolute Gasteiger partial charge is 0.0307 e. The predicted octanol–water partition coefficient (Wildman–Crippen LogP) is 3.77. The molecule has 2 nitrogen and oxygen atoms in total. The summed E-state index contributed by atoms with van der Waals surface area (Å²) in [6, 6.07) is 7.45. The van der Waals surface area contributed by atoms with Gasteiger partial charge in [-0.25, -0.2) is 0 Å². The second-order valence-electron chi connectivity index (χ2n) is 5.81. The minimum atomic E-state index is 0.142. The summed E-state index contributed by atoms with van der Waals surface area (Å²) in [6.07, 6.45) is 4.40. The van der Waals surface area contributed by atoms with E-state index in [9.17, 15) is 0 Å². The van der Waals surface area contributed by atoms with E-state index in [0.717, 1.165) is 13.0 Å². The second-order valence-corrected chi connectivity index (χ2v) is 6.72. The molecule has 0 aliphatic carbocycles. The van der Waals surface area contributed by atoms with E-state index in [0.29, 0.717) is 6.04 Å². The molecule has 2 unspecified atom stereocenters. The van der Waals surface area contributed by atoms with Crippen LogP contribution < -0.4 is 5.73 Å². The van der Waals surface area contributed by atoms with E-state index in [1.54, 1.807) is 0 Å². The van der Waals surface area contributed by atoms with Crippen LogP contribution in [0, 0.1) is 13.8 Å². The molecule has 1 aromatic carbocycles. The molecular weight excluding hydrogens is 264 g/mol. The van der Waals surface area contributed by atoms with E-state index in [2.05, 4.69) is 57.2 Å². The molecule has 0 radical (unpaired) electrons. The van der Waals surface area contributed by atoms with Crippen LogP contribution in [-0.4, -0.2) is 36.5 Å². The molecule has 3 heteroatoms. The molecule has 0 fully saturated rings. The zero-order valence-electron chi connectivity index (χ0n) is 13.6. The van der Waals surface area contributed by atoms with Gasteiger partial charge in [-0.3, -0.25) is 0 Å². The van der Waals surface area contributed by atoms with Crippen molar-refractivity contribution in [1.29, 1.82) is 0 Å². The van der Waals surface area contributed by atoms with Crippen molar-refractivity contribution in [3.8, 4) is 0 Å². The lowest BCUT2D eigenvalue weighted by Gasteiger charge is -2.27. The Morgan fingerprint density at radius 2 is 1.80 bits per heavy atom. The first-order valence-corrected chi connectivity index (χ1v) is 8.90. The third-order valence-corrected chi connectivity index (χ3v) is 4.64. The van der Waals surface area contributed by atoms with Crippen molar-refractivity contribution < 1.29 is 0 Å². The highest BCUT2D eigenvalue weighted by molar-refractivity contribution is 7.98. The van der Waals surface area contributed by atoms with Crippen molar-refractivity contribution in [3.63, 3.8) is 0 Å². The van der Waals surface area contributed by atoms with Gasteiger partial charge >= 0.3 is 0 Å². The quantitative estimate of drug-likeness (QED) is 0.791. The Morgan fingerprint density at radius 1 is 1.20 bits per heavy atom. The van der Waals surface area contributed by atoms with E-state index in [1.807, 2.05) is 11.8 Å². The number of nitrogens with two attached hydrogens (primary N) is 1. The van der Waals surface area contributed by atoms with E-state index < -0.39 is 0 Å². The molecular formula is C17H30N2S. The van der Waals surface area contributed by atoms with Crippen molar-refractivity contribution in [2.24, 2.45) is 5.73 Å². The number of nitrogens with zero attached hydrogens (tertiary/aromatic N) is 1. The molecule has 1 rings (SSSR count). The molecule has 0 heterocycles. The fourth-order valence-corrected chi connectivity index (χ4v) is 3.54. The highest BCUT2D eigenvalue weighted by atomic mass is 32.2. The van der Waals surface area contributed by atoms with Gasteiger partial charge in [0.05, 0.1) is 0 Å². The molecule has 0 amide bonds. The number of benzene rings is 1. The number of thioether (sulfide) groups is 1. The van der Waals surface area contributed by atoms with Crippen molar-refractivity contribution in [1.82, 2.24) is 4.90 Å². The third kappa shape index (κ3) is 5.47. The molecule has 0 aliphatic heterocycles. The Kier molecular flexibility index (Phi) is 7.63. The molecule has 0 bridgehead atoms. The molecule has 0 saturated heterocycles. The van der Waals surface area contributed by atoms with Gasteiger partial charge in [-0.15, -0.1) is 0 Å². The molecule has 2 atom stereocenters. The number of rotatable bonds is 8. The number of hydrogen-bond donors (Lipinski definition) is 1. The van der Waals surface area contributed by atoms with Gasteiger partial charge in [0.25, 0.3) is 0 Å². The summed E-state index contributed by atoms with van der Waals surface area (Å²) in [5.41, 5.74) is 10.2. The van der Waals surface area contributed by atoms with Crippen LogP contribution in [0.5, 0.6) is 0 Å². The van der Waals surface area contributed by atoms with Gasteiger partial charge in [0.2, 0.25) is 0 Å². The summed E-state index contributed by atoms with van der Waals surface area (Å²) in [7, 11) is 2.22. The van der Waals surface area contributed by atoms with Gasteiger partial charge in [-0.1, -0.05) is 36.2 Å². The zero-order valence-corrected chi connectivity index (χ0v) is 14.5. The molecule has 2 N–H and O–H groups in total. The highest BCUT2D eigenvalue weighted by Gasteiger charge is 2.14. The van der Waals surface area contributed by atoms with Crippen LogP contribution in [-0.2, 0) is 0 Å². The first-order chi connectivity index (χ1) is 9.47. The van der Waals surface area contributed by atoms with E-state index in [4.69, 9.17) is 5.73 Å². The topological polar surface area (TPSA) is 29.3 Å². The van der Waals surface area contributed by atoms with Crippen LogP contribution >= 0.6 is 11.8 Å². The van der Waals surface area contributed by atoms with Crippen LogP contribution in [0.15, 0.2) is 18.2 Å². The van der Waals surface area contributed by atoms with Crippen molar-refractivity contribution in [2.75, 3.05) is 25.6 Å². The first-order valence-electron chi connectivity index (χ1n) is 7.50. The maximum Gasteiger partial charge on any atom is 0.0307 e. The van der Waals surface area contributed by atoms with E-state index in [1.165, 1.54) is 28.9 Å². The number of hydrogen-bond acceptors (Lipinski definition) is 3. The second kappa shape index (κ2) is 8.71. The van der Waals surface area contributed by atoms with Gasteiger partial charge < -0.3 is 10.6 Å². The molecule has 1 aromatic rings. The summed E-state index contributed by atoms with van der Waals surface area (Å²) in [6.45, 7) is 7.61. The lowest BCUT2D eigenvalue weighted by Crippen LogP contribution is -2.35. The normalized spacial score (nSPS) is 14.6. The lowest BCUT2D eigenvalue weighted by molar-refractivity contribution is 0.247. The summed E-state index contributed by atoms with van der Waals surface area (Å²) in [5.74, 6) is 1.20. The number of aryl methyl sites for hydroxylation is 2. The minimum Gasteiger partial charge on any atom is -0.324 e. The molecule has 0 spiro atoms. The van der Waals surface area contributed by atoms with Gasteiger partial charge in [0.15, 0.2) is 0 Å². The van der Waals surface area contributed by atoms with Crippen molar-refractivity contribution in [2.45, 2.75) is 45.7 Å². The Hall–Kier alpha value is -0.510. The Bertz CT molecular complexity index is 386. The van der Waals surface area contributed by atoms with Crippen LogP contribution in [0.4, 0.5) is 0 Å². The Labute approximate surface area is 129 Å². The van der Waals surface area contributed by atoms with Gasteiger partial charge in [-0.05, 0) is 52.1 Å². The van der Waals surface area contributed by atoms with Crippen LogP contribution in [0.2, 0.25) is 0 Å². The molecule has 20 heavy (non-hydrogen) atoms. The fourth-order valence-electron chi connectivity index (χ4n) is 2.67. The summed E-state index contributed by atoms with van der Waals surface area (Å²) < 4.78 is 0. The maximum atomic E-state index is 6.36. The molecule has 0 aliphatic rings. The molecule has 114 valence electrons. The SMILES string of the molecule is CCC(CSC)N(C)CCC(N)c1cc(C)cc(C)c1. The van der Waals surface area contributed by atoms with Crippen molar-refractivity contribution >= 4 is 11.8 Å². The summed E-state index contributed by atoms with van der Waals surface area (Å²) in [5, 5.41) is 0. The summed E-state index contributed by atoms with van der Waals surface area (Å²) in [4.78, 5) is 2.46. The Balaban J connectivity index is 2.55. The van der Waals surface area contributed by atoms with Crippen LogP contribution in [0.25, 0.3) is 0 Å². The zero-order chi connectivity index (χ0) is 15.1. The first kappa shape index (κ1) is 17.5. The average Bonchev–Trinajstić information content (AvgIpc) is 2.40. The largest absolute Gasteiger partial charge is 0.324 e. The monoisotopic (exact) mass is 294 g/mol.